The molecule has 0 spiro atoms. The number of hydrogen-bond donors (Lipinski definition) is 1. The molecule has 0 radical (unpaired) electrons. The van der Waals surface area contributed by atoms with Gasteiger partial charge in [-0.3, -0.25) is 0 Å². The maximum Gasteiger partial charge on any atom is 0.225 e. The lowest BCUT2D eigenvalue weighted by Crippen LogP contribution is -2.36. The Morgan fingerprint density at radius 1 is 1.29 bits per heavy atom. The second kappa shape index (κ2) is 6.30. The summed E-state index contributed by atoms with van der Waals surface area (Å²) >= 11 is 0. The first kappa shape index (κ1) is 14.8. The minimum atomic E-state index is 0.601. The molecule has 4 nitrogen and oxygen atoms in total. The van der Waals surface area contributed by atoms with Gasteiger partial charge in [0.05, 0.1) is 0 Å². The van der Waals surface area contributed by atoms with Gasteiger partial charge in [-0.15, -0.1) is 0 Å². The zero-order valence-corrected chi connectivity index (χ0v) is 13.6. The van der Waals surface area contributed by atoms with Gasteiger partial charge in [-0.25, -0.2) is 9.97 Å². The lowest BCUT2D eigenvalue weighted by molar-refractivity contribution is 0.334. The minimum absolute atomic E-state index is 0.601. The third-order valence-corrected chi connectivity index (χ3v) is 5.00. The summed E-state index contributed by atoms with van der Waals surface area (Å²) in [5, 5.41) is 3.54. The summed E-state index contributed by atoms with van der Waals surface area (Å²) in [6.45, 7) is 5.37. The number of rotatable bonds is 5. The van der Waals surface area contributed by atoms with Crippen molar-refractivity contribution in [3.8, 4) is 0 Å². The molecule has 0 amide bonds. The highest BCUT2D eigenvalue weighted by atomic mass is 15.3. The number of aryl methyl sites for hydroxylation is 1. The molecule has 3 rings (SSSR count). The van der Waals surface area contributed by atoms with Gasteiger partial charge in [0, 0.05) is 43.1 Å². The lowest BCUT2D eigenvalue weighted by Gasteiger charge is -2.34. The van der Waals surface area contributed by atoms with Gasteiger partial charge in [-0.2, -0.15) is 0 Å². The number of hydrogen-bond acceptors (Lipinski definition) is 4. The highest BCUT2D eigenvalue weighted by Crippen LogP contribution is 2.28. The van der Waals surface area contributed by atoms with Gasteiger partial charge >= 0.3 is 0 Å². The van der Waals surface area contributed by atoms with E-state index in [1.165, 1.54) is 44.1 Å². The molecule has 0 aliphatic heterocycles. The van der Waals surface area contributed by atoms with Crippen molar-refractivity contribution >= 4 is 5.95 Å². The third kappa shape index (κ3) is 3.73. The van der Waals surface area contributed by atoms with Crippen LogP contribution in [-0.2, 0) is 6.54 Å². The molecule has 2 unspecified atom stereocenters. The smallest absolute Gasteiger partial charge is 0.225 e. The van der Waals surface area contributed by atoms with Crippen molar-refractivity contribution in [1.29, 1.82) is 0 Å². The molecular weight excluding hydrogens is 260 g/mol. The summed E-state index contributed by atoms with van der Waals surface area (Å²) in [4.78, 5) is 11.7. The monoisotopic (exact) mass is 288 g/mol. The molecule has 2 fully saturated rings. The van der Waals surface area contributed by atoms with E-state index in [-0.39, 0.29) is 0 Å². The highest BCUT2D eigenvalue weighted by molar-refractivity contribution is 5.33. The predicted octanol–water partition coefficient (Wildman–Crippen LogP) is 3.05. The first-order valence-corrected chi connectivity index (χ1v) is 8.42. The van der Waals surface area contributed by atoms with Crippen LogP contribution in [0.1, 0.15) is 56.7 Å². The van der Waals surface area contributed by atoms with Crippen molar-refractivity contribution in [3.05, 3.63) is 17.5 Å². The topological polar surface area (TPSA) is 41.1 Å². The fraction of sp³-hybridized carbons (Fsp3) is 0.765. The molecule has 2 atom stereocenters. The zero-order valence-electron chi connectivity index (χ0n) is 13.6. The molecule has 0 saturated heterocycles. The summed E-state index contributed by atoms with van der Waals surface area (Å²) in [5.41, 5.74) is 2.35. The van der Waals surface area contributed by atoms with E-state index in [0.29, 0.717) is 6.04 Å². The van der Waals surface area contributed by atoms with Crippen molar-refractivity contribution in [2.75, 3.05) is 11.9 Å². The second-order valence-corrected chi connectivity index (χ2v) is 6.97. The van der Waals surface area contributed by atoms with Crippen LogP contribution in [0.5, 0.6) is 0 Å². The Labute approximate surface area is 128 Å². The summed E-state index contributed by atoms with van der Waals surface area (Å²) in [7, 11) is 2.15. The fourth-order valence-electron chi connectivity index (χ4n) is 3.28. The molecule has 0 bridgehead atoms. The molecule has 116 valence electrons. The summed E-state index contributed by atoms with van der Waals surface area (Å²) in [6.07, 6.45) is 9.89. The maximum atomic E-state index is 4.75. The molecule has 1 aromatic rings. The fourth-order valence-corrected chi connectivity index (χ4v) is 3.28. The van der Waals surface area contributed by atoms with E-state index in [9.17, 15) is 0 Å². The van der Waals surface area contributed by atoms with E-state index >= 15 is 0 Å². The Morgan fingerprint density at radius 2 is 2.10 bits per heavy atom. The van der Waals surface area contributed by atoms with Crippen LogP contribution in [0.3, 0.4) is 0 Å². The van der Waals surface area contributed by atoms with Crippen LogP contribution in [0.4, 0.5) is 5.95 Å². The van der Waals surface area contributed by atoms with Crippen LogP contribution in [-0.4, -0.2) is 29.1 Å². The molecule has 1 heterocycles. The zero-order chi connectivity index (χ0) is 14.8. The number of aromatic nitrogens is 2. The second-order valence-electron chi connectivity index (χ2n) is 6.97. The Morgan fingerprint density at radius 3 is 2.76 bits per heavy atom. The van der Waals surface area contributed by atoms with Crippen molar-refractivity contribution in [2.45, 2.75) is 71.0 Å². The number of nitrogens with one attached hydrogen (secondary N) is 1. The third-order valence-electron chi connectivity index (χ3n) is 5.00. The van der Waals surface area contributed by atoms with Crippen LogP contribution in [0, 0.1) is 12.8 Å². The quantitative estimate of drug-likeness (QED) is 0.904. The molecule has 2 aliphatic carbocycles. The number of anilines is 1. The number of nitrogens with zero attached hydrogens (tertiary/aromatic N) is 3. The SMILES string of the molecule is Cc1nc(N(C)C2CCCC(C)C2)ncc1CNC1CC1. The van der Waals surface area contributed by atoms with Gasteiger partial charge in [0.1, 0.15) is 0 Å². The lowest BCUT2D eigenvalue weighted by atomic mass is 9.86. The Hall–Kier alpha value is -1.16. The first-order valence-electron chi connectivity index (χ1n) is 8.42. The molecular formula is C17H28N4. The molecule has 2 saturated carbocycles. The average molecular weight is 288 g/mol. The van der Waals surface area contributed by atoms with Crippen molar-refractivity contribution in [2.24, 2.45) is 5.92 Å². The molecule has 0 aromatic carbocycles. The average Bonchev–Trinajstić information content (AvgIpc) is 3.29. The van der Waals surface area contributed by atoms with E-state index in [1.54, 1.807) is 0 Å². The van der Waals surface area contributed by atoms with Crippen LogP contribution < -0.4 is 10.2 Å². The molecule has 21 heavy (non-hydrogen) atoms. The standard InChI is InChI=1S/C17H28N4/c1-12-5-4-6-16(9-12)21(3)17-19-11-14(13(2)20-17)10-18-15-7-8-15/h11-12,15-16,18H,4-10H2,1-3H3. The highest BCUT2D eigenvalue weighted by Gasteiger charge is 2.24. The van der Waals surface area contributed by atoms with Crippen LogP contribution in [0.2, 0.25) is 0 Å². The van der Waals surface area contributed by atoms with Gasteiger partial charge in [-0.05, 0) is 38.5 Å². The van der Waals surface area contributed by atoms with Crippen LogP contribution in [0.25, 0.3) is 0 Å². The first-order chi connectivity index (χ1) is 10.1. The largest absolute Gasteiger partial charge is 0.341 e. The Balaban J connectivity index is 1.65. The van der Waals surface area contributed by atoms with E-state index in [2.05, 4.69) is 36.1 Å². The summed E-state index contributed by atoms with van der Waals surface area (Å²) < 4.78 is 0. The predicted molar refractivity (Wildman–Crippen MR) is 86.5 cm³/mol. The van der Waals surface area contributed by atoms with Gasteiger partial charge in [0.15, 0.2) is 0 Å². The van der Waals surface area contributed by atoms with E-state index in [0.717, 1.165) is 30.1 Å². The van der Waals surface area contributed by atoms with E-state index in [4.69, 9.17) is 4.98 Å². The molecule has 1 aromatic heterocycles. The molecule has 4 heteroatoms. The van der Waals surface area contributed by atoms with Gasteiger partial charge in [0.2, 0.25) is 5.95 Å². The summed E-state index contributed by atoms with van der Waals surface area (Å²) in [6, 6.07) is 1.33. The van der Waals surface area contributed by atoms with Crippen LogP contribution in [0.15, 0.2) is 6.20 Å². The van der Waals surface area contributed by atoms with Crippen molar-refractivity contribution in [1.82, 2.24) is 15.3 Å². The van der Waals surface area contributed by atoms with Crippen molar-refractivity contribution < 1.29 is 0 Å². The van der Waals surface area contributed by atoms with Crippen LogP contribution >= 0.6 is 0 Å². The summed E-state index contributed by atoms with van der Waals surface area (Å²) in [5.74, 6) is 1.72. The normalized spacial score (nSPS) is 25.9. The van der Waals surface area contributed by atoms with Gasteiger partial charge in [0.25, 0.3) is 0 Å². The van der Waals surface area contributed by atoms with Gasteiger partial charge < -0.3 is 10.2 Å². The maximum absolute atomic E-state index is 4.75. The molecule has 2 aliphatic rings. The van der Waals surface area contributed by atoms with Gasteiger partial charge in [-0.1, -0.05) is 19.8 Å². The molecule has 1 N–H and O–H groups in total. The van der Waals surface area contributed by atoms with E-state index < -0.39 is 0 Å². The Bertz CT molecular complexity index is 484. The van der Waals surface area contributed by atoms with E-state index in [1.807, 2.05) is 6.20 Å². The minimum Gasteiger partial charge on any atom is -0.341 e. The van der Waals surface area contributed by atoms with Crippen molar-refractivity contribution in [3.63, 3.8) is 0 Å². The Kier molecular flexibility index (Phi) is 4.43.